The molecule has 3 atom stereocenters. The van der Waals surface area contributed by atoms with Gasteiger partial charge in [-0.3, -0.25) is 9.88 Å². The van der Waals surface area contributed by atoms with Gasteiger partial charge in [-0.25, -0.2) is 0 Å². The van der Waals surface area contributed by atoms with E-state index < -0.39 is 0 Å². The van der Waals surface area contributed by atoms with Gasteiger partial charge in [-0.15, -0.1) is 0 Å². The minimum Gasteiger partial charge on any atom is -0.308 e. The summed E-state index contributed by atoms with van der Waals surface area (Å²) in [5, 5.41) is 3.84. The lowest BCUT2D eigenvalue weighted by Gasteiger charge is -2.49. The Balaban J connectivity index is 1.80. The standard InChI is InChI=1S/C17H27N3/c1-4-16-11-19-17(3,15-5-6-15)12-20(16)13(2)14-7-9-18-10-8-14/h7-10,13,15-16,19H,4-6,11-12H2,1-3H3. The zero-order valence-electron chi connectivity index (χ0n) is 13.0. The molecule has 3 unspecified atom stereocenters. The smallest absolute Gasteiger partial charge is 0.0325 e. The minimum atomic E-state index is 0.312. The van der Waals surface area contributed by atoms with E-state index in [4.69, 9.17) is 0 Å². The van der Waals surface area contributed by atoms with Crippen molar-refractivity contribution in [3.05, 3.63) is 30.1 Å². The summed E-state index contributed by atoms with van der Waals surface area (Å²) in [6.07, 6.45) is 7.84. The molecular weight excluding hydrogens is 246 g/mol. The Morgan fingerprint density at radius 3 is 2.70 bits per heavy atom. The van der Waals surface area contributed by atoms with Crippen LogP contribution in [-0.2, 0) is 0 Å². The van der Waals surface area contributed by atoms with Crippen molar-refractivity contribution in [3.8, 4) is 0 Å². The van der Waals surface area contributed by atoms with Crippen molar-refractivity contribution in [1.82, 2.24) is 15.2 Å². The molecule has 20 heavy (non-hydrogen) atoms. The van der Waals surface area contributed by atoms with Gasteiger partial charge in [-0.2, -0.15) is 0 Å². The van der Waals surface area contributed by atoms with Crippen molar-refractivity contribution < 1.29 is 0 Å². The molecule has 3 rings (SSSR count). The van der Waals surface area contributed by atoms with Crippen LogP contribution in [0.2, 0.25) is 0 Å². The van der Waals surface area contributed by atoms with E-state index in [0.29, 0.717) is 17.6 Å². The summed E-state index contributed by atoms with van der Waals surface area (Å²) in [5.74, 6) is 0.882. The first-order chi connectivity index (χ1) is 9.64. The van der Waals surface area contributed by atoms with Gasteiger partial charge in [0, 0.05) is 43.1 Å². The Morgan fingerprint density at radius 1 is 1.40 bits per heavy atom. The van der Waals surface area contributed by atoms with Gasteiger partial charge < -0.3 is 5.32 Å². The normalized spacial score (nSPS) is 33.0. The van der Waals surface area contributed by atoms with Gasteiger partial charge in [0.2, 0.25) is 0 Å². The summed E-state index contributed by atoms with van der Waals surface area (Å²) in [4.78, 5) is 6.86. The molecule has 2 fully saturated rings. The fourth-order valence-electron chi connectivity index (χ4n) is 3.69. The summed E-state index contributed by atoms with van der Waals surface area (Å²) in [6, 6.07) is 5.44. The number of aromatic nitrogens is 1. The van der Waals surface area contributed by atoms with Gasteiger partial charge in [0.25, 0.3) is 0 Å². The molecule has 0 bridgehead atoms. The summed E-state index contributed by atoms with van der Waals surface area (Å²) in [7, 11) is 0. The summed E-state index contributed by atoms with van der Waals surface area (Å²) < 4.78 is 0. The number of hydrogen-bond donors (Lipinski definition) is 1. The van der Waals surface area contributed by atoms with Crippen molar-refractivity contribution in [2.75, 3.05) is 13.1 Å². The summed E-state index contributed by atoms with van der Waals surface area (Å²) in [6.45, 7) is 9.36. The number of rotatable bonds is 4. The Morgan fingerprint density at radius 2 is 2.10 bits per heavy atom. The molecule has 1 saturated heterocycles. The summed E-state index contributed by atoms with van der Waals surface area (Å²) in [5.41, 5.74) is 1.70. The first-order valence-corrected chi connectivity index (χ1v) is 8.04. The number of hydrogen-bond acceptors (Lipinski definition) is 3. The van der Waals surface area contributed by atoms with Crippen molar-refractivity contribution in [2.45, 2.75) is 57.7 Å². The molecule has 0 amide bonds. The summed E-state index contributed by atoms with van der Waals surface area (Å²) >= 11 is 0. The van der Waals surface area contributed by atoms with Crippen molar-refractivity contribution in [2.24, 2.45) is 5.92 Å². The van der Waals surface area contributed by atoms with E-state index in [0.717, 1.165) is 12.5 Å². The quantitative estimate of drug-likeness (QED) is 0.914. The molecule has 3 heteroatoms. The Kier molecular flexibility index (Phi) is 3.83. The van der Waals surface area contributed by atoms with Crippen LogP contribution >= 0.6 is 0 Å². The minimum absolute atomic E-state index is 0.312. The third-order valence-electron chi connectivity index (χ3n) is 5.36. The molecule has 2 heterocycles. The van der Waals surface area contributed by atoms with Crippen LogP contribution < -0.4 is 5.32 Å². The number of nitrogens with one attached hydrogen (secondary N) is 1. The molecule has 3 nitrogen and oxygen atoms in total. The molecular formula is C17H27N3. The van der Waals surface area contributed by atoms with Gasteiger partial charge in [0.05, 0.1) is 0 Å². The number of nitrogens with zero attached hydrogens (tertiary/aromatic N) is 2. The highest BCUT2D eigenvalue weighted by molar-refractivity contribution is 5.16. The molecule has 0 radical (unpaired) electrons. The SMILES string of the molecule is CCC1CNC(C)(C2CC2)CN1C(C)c1ccncc1. The number of piperazine rings is 1. The highest BCUT2D eigenvalue weighted by Gasteiger charge is 2.46. The maximum absolute atomic E-state index is 4.15. The first kappa shape index (κ1) is 14.0. The second-order valence-corrected chi connectivity index (χ2v) is 6.76. The second kappa shape index (κ2) is 5.45. The maximum atomic E-state index is 4.15. The van der Waals surface area contributed by atoms with Gasteiger partial charge in [-0.1, -0.05) is 6.92 Å². The third kappa shape index (κ3) is 2.61. The average Bonchev–Trinajstić information content (AvgIpc) is 3.32. The molecule has 1 aromatic rings. The van der Waals surface area contributed by atoms with Crippen molar-refractivity contribution in [1.29, 1.82) is 0 Å². The average molecular weight is 273 g/mol. The fraction of sp³-hybridized carbons (Fsp3) is 0.706. The number of pyridine rings is 1. The van der Waals surface area contributed by atoms with Crippen LogP contribution in [0.15, 0.2) is 24.5 Å². The molecule has 0 aromatic carbocycles. The van der Waals surface area contributed by atoms with E-state index >= 15 is 0 Å². The molecule has 1 N–H and O–H groups in total. The zero-order chi connectivity index (χ0) is 14.2. The van der Waals surface area contributed by atoms with Gasteiger partial charge in [0.1, 0.15) is 0 Å². The van der Waals surface area contributed by atoms with E-state index in [9.17, 15) is 0 Å². The maximum Gasteiger partial charge on any atom is 0.0325 e. The second-order valence-electron chi connectivity index (χ2n) is 6.76. The molecule has 110 valence electrons. The van der Waals surface area contributed by atoms with Crippen molar-refractivity contribution >= 4 is 0 Å². The largest absolute Gasteiger partial charge is 0.308 e. The predicted molar refractivity (Wildman–Crippen MR) is 82.6 cm³/mol. The Labute approximate surface area is 122 Å². The predicted octanol–water partition coefficient (Wildman–Crippen LogP) is 3.00. The van der Waals surface area contributed by atoms with Gasteiger partial charge in [0.15, 0.2) is 0 Å². The van der Waals surface area contributed by atoms with Crippen LogP contribution in [0.3, 0.4) is 0 Å². The van der Waals surface area contributed by atoms with E-state index in [1.54, 1.807) is 0 Å². The topological polar surface area (TPSA) is 28.2 Å². The van der Waals surface area contributed by atoms with Crippen LogP contribution in [0, 0.1) is 5.92 Å². The molecule has 1 saturated carbocycles. The van der Waals surface area contributed by atoms with Crippen LogP contribution in [0.1, 0.15) is 51.6 Å². The van der Waals surface area contributed by atoms with E-state index in [2.05, 4.69) is 48.1 Å². The highest BCUT2D eigenvalue weighted by atomic mass is 15.3. The molecule has 1 aliphatic carbocycles. The van der Waals surface area contributed by atoms with E-state index in [1.807, 2.05) is 12.4 Å². The lowest BCUT2D eigenvalue weighted by atomic mass is 9.88. The third-order valence-corrected chi connectivity index (χ3v) is 5.36. The molecule has 2 aliphatic rings. The van der Waals surface area contributed by atoms with E-state index in [-0.39, 0.29) is 0 Å². The van der Waals surface area contributed by atoms with Crippen LogP contribution in [0.5, 0.6) is 0 Å². The lowest BCUT2D eigenvalue weighted by Crippen LogP contribution is -2.64. The van der Waals surface area contributed by atoms with Crippen LogP contribution in [0.25, 0.3) is 0 Å². The van der Waals surface area contributed by atoms with Gasteiger partial charge in [-0.05, 0) is 56.7 Å². The molecule has 0 spiro atoms. The highest BCUT2D eigenvalue weighted by Crippen LogP contribution is 2.42. The van der Waals surface area contributed by atoms with Crippen LogP contribution in [0.4, 0.5) is 0 Å². The van der Waals surface area contributed by atoms with Crippen LogP contribution in [-0.4, -0.2) is 34.6 Å². The monoisotopic (exact) mass is 273 g/mol. The molecule has 1 aromatic heterocycles. The zero-order valence-corrected chi connectivity index (χ0v) is 13.0. The van der Waals surface area contributed by atoms with Gasteiger partial charge >= 0.3 is 0 Å². The van der Waals surface area contributed by atoms with E-state index in [1.165, 1.54) is 31.4 Å². The van der Waals surface area contributed by atoms with Crippen molar-refractivity contribution in [3.63, 3.8) is 0 Å². The Hall–Kier alpha value is -0.930. The molecule has 1 aliphatic heterocycles. The Bertz CT molecular complexity index is 443. The fourth-order valence-corrected chi connectivity index (χ4v) is 3.69. The first-order valence-electron chi connectivity index (χ1n) is 8.04. The lowest BCUT2D eigenvalue weighted by molar-refractivity contribution is 0.0418.